The minimum atomic E-state index is 0.653. The van der Waals surface area contributed by atoms with Crippen LogP contribution in [0.2, 0.25) is 0 Å². The molecule has 3 aliphatic rings. The number of likely N-dealkylation sites (tertiary alicyclic amines) is 1. The van der Waals surface area contributed by atoms with Crippen molar-refractivity contribution in [2.75, 3.05) is 19.6 Å². The van der Waals surface area contributed by atoms with Gasteiger partial charge in [-0.25, -0.2) is 0 Å². The van der Waals surface area contributed by atoms with E-state index >= 15 is 0 Å². The molecule has 2 heterocycles. The van der Waals surface area contributed by atoms with Gasteiger partial charge in [0.1, 0.15) is 0 Å². The third-order valence-corrected chi connectivity index (χ3v) is 7.84. The Kier molecular flexibility index (Phi) is 5.87. The summed E-state index contributed by atoms with van der Waals surface area (Å²) in [6.07, 6.45) is 13.8. The van der Waals surface area contributed by atoms with Gasteiger partial charge in [-0.3, -0.25) is 0 Å². The van der Waals surface area contributed by atoms with E-state index in [0.717, 1.165) is 11.8 Å². The van der Waals surface area contributed by atoms with Crippen LogP contribution in [0.3, 0.4) is 0 Å². The highest BCUT2D eigenvalue weighted by Gasteiger charge is 2.31. The largest absolute Gasteiger partial charge is 0.303 e. The second-order valence-electron chi connectivity index (χ2n) is 8.28. The fourth-order valence-corrected chi connectivity index (χ4v) is 6.52. The molecule has 1 saturated carbocycles. The van der Waals surface area contributed by atoms with Gasteiger partial charge in [-0.1, -0.05) is 49.6 Å². The molecule has 2 aliphatic heterocycles. The van der Waals surface area contributed by atoms with Gasteiger partial charge in [0.05, 0.1) is 0 Å². The van der Waals surface area contributed by atoms with Gasteiger partial charge in [-0.2, -0.15) is 0 Å². The van der Waals surface area contributed by atoms with Crippen LogP contribution in [0.1, 0.15) is 80.6 Å². The molecule has 2 fully saturated rings. The zero-order chi connectivity index (χ0) is 17.1. The minimum absolute atomic E-state index is 0.653. The number of rotatable bonds is 5. The average molecular weight is 356 g/mol. The number of benzene rings is 1. The van der Waals surface area contributed by atoms with Crippen LogP contribution in [0, 0.1) is 5.92 Å². The molecule has 4 rings (SSSR count). The fourth-order valence-electron chi connectivity index (χ4n) is 5.14. The Morgan fingerprint density at radius 3 is 2.44 bits per heavy atom. The van der Waals surface area contributed by atoms with E-state index in [9.17, 15) is 0 Å². The van der Waals surface area contributed by atoms with E-state index < -0.39 is 0 Å². The van der Waals surface area contributed by atoms with E-state index in [0.29, 0.717) is 5.25 Å². The van der Waals surface area contributed by atoms with Gasteiger partial charge in [0.2, 0.25) is 0 Å². The number of hydrogen-bond acceptors (Lipinski definition) is 2. The summed E-state index contributed by atoms with van der Waals surface area (Å²) < 4.78 is 0. The van der Waals surface area contributed by atoms with Gasteiger partial charge < -0.3 is 4.90 Å². The lowest BCUT2D eigenvalue weighted by Gasteiger charge is -2.29. The SMILES string of the molecule is CC1=CC(CCN2CCCC2)C(c2ccccc2C2CCCCC2)S1. The van der Waals surface area contributed by atoms with Gasteiger partial charge in [-0.15, -0.1) is 11.8 Å². The summed E-state index contributed by atoms with van der Waals surface area (Å²) in [5, 5.41) is 0.653. The molecular weight excluding hydrogens is 322 g/mol. The standard InChI is InChI=1S/C23H33NS/c1-18-17-20(13-16-24-14-7-8-15-24)23(25-18)22-12-6-5-11-21(22)19-9-3-2-4-10-19/h5-6,11-12,17,19-20,23H,2-4,7-10,13-16H2,1H3. The quantitative estimate of drug-likeness (QED) is 0.591. The third kappa shape index (κ3) is 4.17. The van der Waals surface area contributed by atoms with Crippen LogP contribution in [-0.2, 0) is 0 Å². The molecule has 2 unspecified atom stereocenters. The van der Waals surface area contributed by atoms with Crippen LogP contribution >= 0.6 is 11.8 Å². The predicted molar refractivity (Wildman–Crippen MR) is 110 cm³/mol. The molecule has 0 amide bonds. The van der Waals surface area contributed by atoms with Crippen LogP contribution < -0.4 is 0 Å². The molecule has 0 bridgehead atoms. The molecule has 1 aromatic carbocycles. The van der Waals surface area contributed by atoms with Crippen LogP contribution in [-0.4, -0.2) is 24.5 Å². The number of allylic oxidation sites excluding steroid dienone is 2. The molecular formula is C23H33NS. The van der Waals surface area contributed by atoms with Crippen molar-refractivity contribution in [3.8, 4) is 0 Å². The first-order chi connectivity index (χ1) is 12.3. The van der Waals surface area contributed by atoms with Crippen molar-refractivity contribution in [2.24, 2.45) is 5.92 Å². The van der Waals surface area contributed by atoms with Gasteiger partial charge in [0.15, 0.2) is 0 Å². The first-order valence-corrected chi connectivity index (χ1v) is 11.4. The van der Waals surface area contributed by atoms with Gasteiger partial charge >= 0.3 is 0 Å². The summed E-state index contributed by atoms with van der Waals surface area (Å²) >= 11 is 2.13. The number of nitrogens with zero attached hydrogens (tertiary/aromatic N) is 1. The average Bonchev–Trinajstić information content (AvgIpc) is 3.30. The van der Waals surface area contributed by atoms with Gasteiger partial charge in [0, 0.05) is 5.25 Å². The van der Waals surface area contributed by atoms with Crippen molar-refractivity contribution in [1.82, 2.24) is 4.90 Å². The van der Waals surface area contributed by atoms with Crippen LogP contribution in [0.25, 0.3) is 0 Å². The molecule has 136 valence electrons. The summed E-state index contributed by atoms with van der Waals surface area (Å²) in [4.78, 5) is 4.21. The topological polar surface area (TPSA) is 3.24 Å². The Morgan fingerprint density at radius 2 is 1.68 bits per heavy atom. The molecule has 0 spiro atoms. The highest BCUT2D eigenvalue weighted by atomic mass is 32.2. The van der Waals surface area contributed by atoms with E-state index in [4.69, 9.17) is 0 Å². The molecule has 2 atom stereocenters. The number of thioether (sulfide) groups is 1. The first kappa shape index (κ1) is 17.7. The lowest BCUT2D eigenvalue weighted by Crippen LogP contribution is -2.23. The van der Waals surface area contributed by atoms with E-state index in [1.807, 2.05) is 0 Å². The van der Waals surface area contributed by atoms with Crippen molar-refractivity contribution < 1.29 is 0 Å². The molecule has 1 aromatic rings. The second kappa shape index (κ2) is 8.31. The Morgan fingerprint density at radius 1 is 0.960 bits per heavy atom. The Balaban J connectivity index is 1.51. The van der Waals surface area contributed by atoms with Crippen molar-refractivity contribution in [1.29, 1.82) is 0 Å². The lowest BCUT2D eigenvalue weighted by atomic mass is 9.80. The molecule has 25 heavy (non-hydrogen) atoms. The van der Waals surface area contributed by atoms with Crippen molar-refractivity contribution in [3.63, 3.8) is 0 Å². The first-order valence-electron chi connectivity index (χ1n) is 10.5. The Bertz CT molecular complexity index is 596. The molecule has 0 radical (unpaired) electrons. The van der Waals surface area contributed by atoms with E-state index in [-0.39, 0.29) is 0 Å². The Labute approximate surface area is 158 Å². The summed E-state index contributed by atoms with van der Waals surface area (Å²) in [5.41, 5.74) is 3.33. The maximum absolute atomic E-state index is 2.68. The van der Waals surface area contributed by atoms with Crippen molar-refractivity contribution >= 4 is 11.8 Å². The third-order valence-electron chi connectivity index (χ3n) is 6.48. The minimum Gasteiger partial charge on any atom is -0.303 e. The molecule has 1 nitrogen and oxygen atoms in total. The fraction of sp³-hybridized carbons (Fsp3) is 0.652. The van der Waals surface area contributed by atoms with Crippen LogP contribution in [0.4, 0.5) is 0 Å². The van der Waals surface area contributed by atoms with Crippen molar-refractivity contribution in [2.45, 2.75) is 69.5 Å². The smallest absolute Gasteiger partial charge is 0.0407 e. The highest BCUT2D eigenvalue weighted by molar-refractivity contribution is 8.03. The zero-order valence-corrected chi connectivity index (χ0v) is 16.6. The van der Waals surface area contributed by atoms with Gasteiger partial charge in [0.25, 0.3) is 0 Å². The second-order valence-corrected chi connectivity index (χ2v) is 9.67. The summed E-state index contributed by atoms with van der Waals surface area (Å²) in [7, 11) is 0. The van der Waals surface area contributed by atoms with Crippen molar-refractivity contribution in [3.05, 3.63) is 46.4 Å². The molecule has 1 saturated heterocycles. The van der Waals surface area contributed by atoms with Gasteiger partial charge in [-0.05, 0) is 86.5 Å². The summed E-state index contributed by atoms with van der Waals surface area (Å²) in [6.45, 7) is 6.26. The molecule has 0 N–H and O–H groups in total. The summed E-state index contributed by atoms with van der Waals surface area (Å²) in [5.74, 6) is 1.53. The van der Waals surface area contributed by atoms with E-state index in [1.165, 1.54) is 75.9 Å². The van der Waals surface area contributed by atoms with E-state index in [2.05, 4.69) is 53.9 Å². The maximum Gasteiger partial charge on any atom is 0.0407 e. The lowest BCUT2D eigenvalue weighted by molar-refractivity contribution is 0.315. The number of hydrogen-bond donors (Lipinski definition) is 0. The predicted octanol–water partition coefficient (Wildman–Crippen LogP) is 6.53. The van der Waals surface area contributed by atoms with E-state index in [1.54, 1.807) is 11.1 Å². The normalized spacial score (nSPS) is 28.4. The molecule has 0 aromatic heterocycles. The summed E-state index contributed by atoms with van der Waals surface area (Å²) in [6, 6.07) is 9.42. The Hall–Kier alpha value is -0.730. The highest BCUT2D eigenvalue weighted by Crippen LogP contribution is 2.51. The van der Waals surface area contributed by atoms with Crippen LogP contribution in [0.5, 0.6) is 0 Å². The molecule has 2 heteroatoms. The van der Waals surface area contributed by atoms with Crippen LogP contribution in [0.15, 0.2) is 35.2 Å². The maximum atomic E-state index is 2.68. The monoisotopic (exact) mass is 355 g/mol. The zero-order valence-electron chi connectivity index (χ0n) is 15.8. The molecule has 1 aliphatic carbocycles.